The van der Waals surface area contributed by atoms with Crippen molar-refractivity contribution in [2.45, 2.75) is 38.7 Å². The smallest absolute Gasteiger partial charge is 0.119 e. The Hall–Kier alpha value is -1.22. The number of ether oxygens (including phenoxy) is 1. The van der Waals surface area contributed by atoms with E-state index >= 15 is 0 Å². The van der Waals surface area contributed by atoms with Crippen LogP contribution >= 0.6 is 23.2 Å². The first-order chi connectivity index (χ1) is 12.2. The lowest BCUT2D eigenvalue weighted by Gasteiger charge is -2.22. The van der Waals surface area contributed by atoms with Gasteiger partial charge in [0.1, 0.15) is 12.4 Å². The van der Waals surface area contributed by atoms with Crippen molar-refractivity contribution >= 4 is 23.2 Å². The van der Waals surface area contributed by atoms with Gasteiger partial charge in [0.25, 0.3) is 0 Å². The summed E-state index contributed by atoms with van der Waals surface area (Å²) in [6.07, 6.45) is 6.44. The summed E-state index contributed by atoms with van der Waals surface area (Å²) >= 11 is 12.0. The van der Waals surface area contributed by atoms with Gasteiger partial charge < -0.3 is 10.1 Å². The van der Waals surface area contributed by atoms with Crippen LogP contribution in [0.2, 0.25) is 10.0 Å². The first-order valence-electron chi connectivity index (χ1n) is 9.07. The number of rotatable bonds is 7. The van der Waals surface area contributed by atoms with Crippen molar-refractivity contribution < 1.29 is 4.74 Å². The van der Waals surface area contributed by atoms with Gasteiger partial charge >= 0.3 is 0 Å². The maximum atomic E-state index is 6.03. The zero-order chi connectivity index (χ0) is 17.5. The largest absolute Gasteiger partial charge is 0.489 e. The minimum Gasteiger partial charge on any atom is -0.489 e. The molecule has 0 unspecified atom stereocenters. The van der Waals surface area contributed by atoms with Gasteiger partial charge in [-0.05, 0) is 80.1 Å². The number of piperidine rings is 1. The van der Waals surface area contributed by atoms with Gasteiger partial charge in [-0.25, -0.2) is 0 Å². The number of halogens is 2. The molecule has 2 aromatic rings. The standard InChI is InChI=1S/C21H25Cl2NO/c22-20-9-6-18(14-21(20)23)15-25-19-7-4-16(5-8-19)2-1-3-17-10-12-24-13-11-17/h4-9,14,17,24H,1-3,10-13,15H2. The Morgan fingerprint density at radius 2 is 1.64 bits per heavy atom. The van der Waals surface area contributed by atoms with E-state index in [1.165, 1.54) is 44.3 Å². The Balaban J connectivity index is 1.42. The maximum absolute atomic E-state index is 6.03. The molecule has 0 aliphatic carbocycles. The summed E-state index contributed by atoms with van der Waals surface area (Å²) in [6.45, 7) is 2.87. The van der Waals surface area contributed by atoms with Crippen molar-refractivity contribution in [1.82, 2.24) is 5.32 Å². The number of benzene rings is 2. The Kier molecular flexibility index (Phi) is 7.03. The summed E-state index contributed by atoms with van der Waals surface area (Å²) in [5.41, 5.74) is 2.40. The molecular weight excluding hydrogens is 353 g/mol. The lowest BCUT2D eigenvalue weighted by molar-refractivity contribution is 0.306. The van der Waals surface area contributed by atoms with Crippen LogP contribution < -0.4 is 10.1 Å². The molecule has 0 aromatic heterocycles. The Bertz CT molecular complexity index is 666. The monoisotopic (exact) mass is 377 g/mol. The summed E-state index contributed by atoms with van der Waals surface area (Å²) in [4.78, 5) is 0. The van der Waals surface area contributed by atoms with Gasteiger partial charge in [-0.3, -0.25) is 0 Å². The average molecular weight is 378 g/mol. The summed E-state index contributed by atoms with van der Waals surface area (Å²) in [5.74, 6) is 1.79. The van der Waals surface area contributed by atoms with Gasteiger partial charge in [-0.2, -0.15) is 0 Å². The molecule has 0 bridgehead atoms. The lowest BCUT2D eigenvalue weighted by atomic mass is 9.91. The van der Waals surface area contributed by atoms with Crippen molar-refractivity contribution in [2.75, 3.05) is 13.1 Å². The quantitative estimate of drug-likeness (QED) is 0.648. The van der Waals surface area contributed by atoms with E-state index in [1.54, 1.807) is 6.07 Å². The van der Waals surface area contributed by atoms with Crippen molar-refractivity contribution in [3.8, 4) is 5.75 Å². The van der Waals surface area contributed by atoms with Crippen LogP contribution in [0.4, 0.5) is 0 Å². The topological polar surface area (TPSA) is 21.3 Å². The SMILES string of the molecule is Clc1ccc(COc2ccc(CCCC3CCNCC3)cc2)cc1Cl. The molecule has 1 fully saturated rings. The summed E-state index contributed by atoms with van der Waals surface area (Å²) in [6, 6.07) is 14.0. The van der Waals surface area contributed by atoms with Crippen LogP contribution in [-0.4, -0.2) is 13.1 Å². The van der Waals surface area contributed by atoms with Crippen molar-refractivity contribution in [2.24, 2.45) is 5.92 Å². The highest BCUT2D eigenvalue weighted by Crippen LogP contribution is 2.24. The molecule has 4 heteroatoms. The summed E-state index contributed by atoms with van der Waals surface area (Å²) in [7, 11) is 0. The Morgan fingerprint density at radius 1 is 0.920 bits per heavy atom. The van der Waals surface area contributed by atoms with Crippen LogP contribution in [0.1, 0.15) is 36.8 Å². The molecule has 0 spiro atoms. The number of hydrogen-bond acceptors (Lipinski definition) is 2. The van der Waals surface area contributed by atoms with Crippen LogP contribution in [0.15, 0.2) is 42.5 Å². The molecule has 2 aromatic carbocycles. The van der Waals surface area contributed by atoms with Crippen molar-refractivity contribution in [3.05, 3.63) is 63.6 Å². The maximum Gasteiger partial charge on any atom is 0.119 e. The molecule has 0 radical (unpaired) electrons. The molecule has 1 saturated heterocycles. The highest BCUT2D eigenvalue weighted by atomic mass is 35.5. The molecule has 2 nitrogen and oxygen atoms in total. The van der Waals surface area contributed by atoms with Gasteiger partial charge in [0.15, 0.2) is 0 Å². The molecule has 3 rings (SSSR count). The van der Waals surface area contributed by atoms with Crippen LogP contribution in [-0.2, 0) is 13.0 Å². The third-order valence-corrected chi connectivity index (χ3v) is 5.59. The van der Waals surface area contributed by atoms with E-state index in [4.69, 9.17) is 27.9 Å². The van der Waals surface area contributed by atoms with Crippen LogP contribution in [0, 0.1) is 5.92 Å². The molecule has 0 amide bonds. The van der Waals surface area contributed by atoms with E-state index in [2.05, 4.69) is 29.6 Å². The predicted octanol–water partition coefficient (Wildman–Crippen LogP) is 5.89. The van der Waals surface area contributed by atoms with Gasteiger partial charge in [-0.15, -0.1) is 0 Å². The number of aryl methyl sites for hydroxylation is 1. The fraction of sp³-hybridized carbons (Fsp3) is 0.429. The van der Waals surface area contributed by atoms with E-state index in [9.17, 15) is 0 Å². The van der Waals surface area contributed by atoms with Crippen LogP contribution in [0.3, 0.4) is 0 Å². The molecule has 0 saturated carbocycles. The fourth-order valence-electron chi connectivity index (χ4n) is 3.31. The average Bonchev–Trinajstić information content (AvgIpc) is 2.65. The number of nitrogens with one attached hydrogen (secondary N) is 1. The van der Waals surface area contributed by atoms with Crippen LogP contribution in [0.25, 0.3) is 0 Å². The zero-order valence-electron chi connectivity index (χ0n) is 14.4. The van der Waals surface area contributed by atoms with E-state index in [1.807, 2.05) is 12.1 Å². The molecule has 1 aliphatic heterocycles. The van der Waals surface area contributed by atoms with E-state index in [0.29, 0.717) is 16.7 Å². The molecule has 1 N–H and O–H groups in total. The van der Waals surface area contributed by atoms with Gasteiger partial charge in [0.2, 0.25) is 0 Å². The minimum atomic E-state index is 0.492. The molecule has 134 valence electrons. The molecule has 1 heterocycles. The van der Waals surface area contributed by atoms with E-state index in [0.717, 1.165) is 23.7 Å². The zero-order valence-corrected chi connectivity index (χ0v) is 16.0. The van der Waals surface area contributed by atoms with Crippen molar-refractivity contribution in [3.63, 3.8) is 0 Å². The second kappa shape index (κ2) is 9.47. The summed E-state index contributed by atoms with van der Waals surface area (Å²) in [5, 5.41) is 4.56. The summed E-state index contributed by atoms with van der Waals surface area (Å²) < 4.78 is 5.83. The fourth-order valence-corrected chi connectivity index (χ4v) is 3.63. The number of hydrogen-bond donors (Lipinski definition) is 1. The second-order valence-electron chi connectivity index (χ2n) is 6.77. The van der Waals surface area contributed by atoms with Crippen LogP contribution in [0.5, 0.6) is 5.75 Å². The van der Waals surface area contributed by atoms with Crippen molar-refractivity contribution in [1.29, 1.82) is 0 Å². The third kappa shape index (κ3) is 5.91. The van der Waals surface area contributed by atoms with E-state index in [-0.39, 0.29) is 0 Å². The Labute approximate surface area is 160 Å². The molecule has 1 aliphatic rings. The predicted molar refractivity (Wildman–Crippen MR) is 106 cm³/mol. The van der Waals surface area contributed by atoms with Gasteiger partial charge in [0, 0.05) is 0 Å². The van der Waals surface area contributed by atoms with Gasteiger partial charge in [0.05, 0.1) is 10.0 Å². The highest BCUT2D eigenvalue weighted by molar-refractivity contribution is 6.42. The molecule has 0 atom stereocenters. The highest BCUT2D eigenvalue weighted by Gasteiger charge is 2.12. The molecular formula is C21H25Cl2NO. The Morgan fingerprint density at radius 3 is 2.36 bits per heavy atom. The van der Waals surface area contributed by atoms with Gasteiger partial charge in [-0.1, -0.05) is 47.8 Å². The van der Waals surface area contributed by atoms with E-state index < -0.39 is 0 Å². The minimum absolute atomic E-state index is 0.492. The lowest BCUT2D eigenvalue weighted by Crippen LogP contribution is -2.27. The first-order valence-corrected chi connectivity index (χ1v) is 9.83. The molecule has 25 heavy (non-hydrogen) atoms. The first kappa shape index (κ1) is 18.6. The normalized spacial score (nSPS) is 15.3. The second-order valence-corrected chi connectivity index (χ2v) is 7.58. The third-order valence-electron chi connectivity index (χ3n) is 4.85.